The summed E-state index contributed by atoms with van der Waals surface area (Å²) < 4.78 is 33.2. The van der Waals surface area contributed by atoms with Crippen LogP contribution in [0.2, 0.25) is 0 Å². The van der Waals surface area contributed by atoms with E-state index in [1.165, 1.54) is 21.9 Å². The number of amides is 1. The quantitative estimate of drug-likeness (QED) is 0.787. The maximum atomic E-state index is 12.6. The number of para-hydroxylation sites is 1. The van der Waals surface area contributed by atoms with Crippen LogP contribution in [0.15, 0.2) is 23.2 Å². The van der Waals surface area contributed by atoms with Crippen molar-refractivity contribution in [2.24, 2.45) is 18.0 Å². The zero-order valence-corrected chi connectivity index (χ0v) is 16.8. The molecule has 1 aliphatic heterocycles. The largest absolute Gasteiger partial charge is 0.492 e. The Morgan fingerprint density at radius 3 is 2.65 bits per heavy atom. The Morgan fingerprint density at radius 2 is 2.04 bits per heavy atom. The normalized spacial score (nSPS) is 17.7. The van der Waals surface area contributed by atoms with Crippen LogP contribution in [0.5, 0.6) is 5.75 Å². The van der Waals surface area contributed by atoms with Crippen molar-refractivity contribution in [2.75, 3.05) is 26.0 Å². The standard InChI is InChI=1S/C17H23N3O4S2/c1-4-24-13-6-5-7-14-15(13)19(2)17(25-14)18-16(21)12-8-10-20(11-9-12)26(3,22)23/h5-7,12H,4,8-11H2,1-3H3. The van der Waals surface area contributed by atoms with Gasteiger partial charge in [-0.1, -0.05) is 17.4 Å². The lowest BCUT2D eigenvalue weighted by atomic mass is 9.98. The summed E-state index contributed by atoms with van der Waals surface area (Å²) in [4.78, 5) is 17.5. The molecule has 1 amide bonds. The lowest BCUT2D eigenvalue weighted by Gasteiger charge is -2.28. The molecule has 1 aromatic heterocycles. The molecule has 0 N–H and O–H groups in total. The number of sulfonamides is 1. The highest BCUT2D eigenvalue weighted by molar-refractivity contribution is 7.88. The number of ether oxygens (including phenoxy) is 1. The number of aromatic nitrogens is 1. The molecule has 0 bridgehead atoms. The number of carbonyl (C=O) groups excluding carboxylic acids is 1. The summed E-state index contributed by atoms with van der Waals surface area (Å²) in [7, 11) is -1.32. The van der Waals surface area contributed by atoms with Crippen molar-refractivity contribution in [3.63, 3.8) is 0 Å². The minimum Gasteiger partial charge on any atom is -0.492 e. The van der Waals surface area contributed by atoms with E-state index in [4.69, 9.17) is 4.74 Å². The van der Waals surface area contributed by atoms with E-state index in [-0.39, 0.29) is 11.8 Å². The maximum Gasteiger partial charge on any atom is 0.251 e. The van der Waals surface area contributed by atoms with E-state index in [1.54, 1.807) is 0 Å². The topological polar surface area (TPSA) is 81.0 Å². The van der Waals surface area contributed by atoms with Crippen LogP contribution in [0.25, 0.3) is 10.2 Å². The van der Waals surface area contributed by atoms with Gasteiger partial charge in [0.05, 0.1) is 17.6 Å². The van der Waals surface area contributed by atoms with E-state index >= 15 is 0 Å². The fourth-order valence-corrected chi connectivity index (χ4v) is 5.08. The molecule has 1 aliphatic rings. The van der Waals surface area contributed by atoms with Gasteiger partial charge in [-0.25, -0.2) is 12.7 Å². The third-order valence-electron chi connectivity index (χ3n) is 4.56. The van der Waals surface area contributed by atoms with Crippen molar-refractivity contribution in [2.45, 2.75) is 19.8 Å². The molecule has 1 aromatic carbocycles. The number of hydrogen-bond donors (Lipinski definition) is 0. The van der Waals surface area contributed by atoms with Crippen LogP contribution in [-0.2, 0) is 21.9 Å². The third-order valence-corrected chi connectivity index (χ3v) is 6.96. The van der Waals surface area contributed by atoms with Crippen LogP contribution in [0.1, 0.15) is 19.8 Å². The van der Waals surface area contributed by atoms with E-state index < -0.39 is 10.0 Å². The second-order valence-electron chi connectivity index (χ2n) is 6.37. The van der Waals surface area contributed by atoms with Crippen molar-refractivity contribution >= 4 is 37.5 Å². The number of fused-ring (bicyclic) bond motifs is 1. The molecular formula is C17H23N3O4S2. The minimum absolute atomic E-state index is 0.182. The highest BCUT2D eigenvalue weighted by Gasteiger charge is 2.28. The Kier molecular flexibility index (Phi) is 5.50. The van der Waals surface area contributed by atoms with Gasteiger partial charge >= 0.3 is 0 Å². The Hall–Kier alpha value is -1.71. The average Bonchev–Trinajstić information content (AvgIpc) is 2.91. The molecule has 9 heteroatoms. The van der Waals surface area contributed by atoms with Gasteiger partial charge in [0.2, 0.25) is 10.0 Å². The van der Waals surface area contributed by atoms with Crippen molar-refractivity contribution in [1.82, 2.24) is 8.87 Å². The molecule has 26 heavy (non-hydrogen) atoms. The van der Waals surface area contributed by atoms with Gasteiger partial charge in [0.1, 0.15) is 11.3 Å². The molecule has 1 fully saturated rings. The van der Waals surface area contributed by atoms with Gasteiger partial charge in [-0.05, 0) is 31.9 Å². The first kappa shape index (κ1) is 19.1. The molecule has 2 aromatic rings. The van der Waals surface area contributed by atoms with Gasteiger partial charge in [-0.15, -0.1) is 0 Å². The summed E-state index contributed by atoms with van der Waals surface area (Å²) in [5.41, 5.74) is 0.929. The number of aryl methyl sites for hydroxylation is 1. The van der Waals surface area contributed by atoms with Crippen LogP contribution in [0.3, 0.4) is 0 Å². The molecule has 0 radical (unpaired) electrons. The SMILES string of the molecule is CCOc1cccc2sc(=NC(=O)C3CCN(S(C)(=O)=O)CC3)n(C)c12. The maximum absolute atomic E-state index is 12.6. The molecule has 0 saturated carbocycles. The molecule has 0 spiro atoms. The number of rotatable bonds is 4. The van der Waals surface area contributed by atoms with Gasteiger partial charge in [-0.3, -0.25) is 4.79 Å². The van der Waals surface area contributed by atoms with Gasteiger partial charge in [0.25, 0.3) is 5.91 Å². The second-order valence-corrected chi connectivity index (χ2v) is 9.36. The first-order valence-corrected chi connectivity index (χ1v) is 11.2. The summed E-state index contributed by atoms with van der Waals surface area (Å²) in [6.07, 6.45) is 2.22. The van der Waals surface area contributed by atoms with E-state index in [0.29, 0.717) is 37.3 Å². The van der Waals surface area contributed by atoms with Crippen molar-refractivity contribution in [3.8, 4) is 5.75 Å². The summed E-state index contributed by atoms with van der Waals surface area (Å²) in [6, 6.07) is 5.82. The minimum atomic E-state index is -3.19. The molecule has 142 valence electrons. The van der Waals surface area contributed by atoms with Crippen LogP contribution in [-0.4, -0.2) is 49.1 Å². The summed E-state index contributed by atoms with van der Waals surface area (Å²) in [6.45, 7) is 3.25. The third kappa shape index (κ3) is 3.84. The Morgan fingerprint density at radius 1 is 1.35 bits per heavy atom. The molecule has 2 heterocycles. The Bertz CT molecular complexity index is 983. The van der Waals surface area contributed by atoms with E-state index in [2.05, 4.69) is 4.99 Å². The Labute approximate surface area is 157 Å². The summed E-state index contributed by atoms with van der Waals surface area (Å²) in [5, 5.41) is 0. The second kappa shape index (κ2) is 7.50. The van der Waals surface area contributed by atoms with Gasteiger partial charge in [0.15, 0.2) is 4.80 Å². The first-order valence-electron chi connectivity index (χ1n) is 8.56. The molecule has 0 unspecified atom stereocenters. The fourth-order valence-electron chi connectivity index (χ4n) is 3.17. The predicted molar refractivity (Wildman–Crippen MR) is 102 cm³/mol. The number of benzene rings is 1. The van der Waals surface area contributed by atoms with Crippen LogP contribution in [0, 0.1) is 5.92 Å². The highest BCUT2D eigenvalue weighted by atomic mass is 32.2. The smallest absolute Gasteiger partial charge is 0.251 e. The number of carbonyl (C=O) groups is 1. The van der Waals surface area contributed by atoms with Crippen molar-refractivity contribution in [1.29, 1.82) is 0 Å². The van der Waals surface area contributed by atoms with Gasteiger partial charge in [0, 0.05) is 26.1 Å². The van der Waals surface area contributed by atoms with Crippen LogP contribution >= 0.6 is 11.3 Å². The molecule has 7 nitrogen and oxygen atoms in total. The zero-order chi connectivity index (χ0) is 18.9. The van der Waals surface area contributed by atoms with Crippen LogP contribution < -0.4 is 9.54 Å². The monoisotopic (exact) mass is 397 g/mol. The highest BCUT2D eigenvalue weighted by Crippen LogP contribution is 2.27. The fraction of sp³-hybridized carbons (Fsp3) is 0.529. The average molecular weight is 398 g/mol. The molecule has 0 aliphatic carbocycles. The predicted octanol–water partition coefficient (Wildman–Crippen LogP) is 1.74. The molecule has 3 rings (SSSR count). The Balaban J connectivity index is 1.85. The van der Waals surface area contributed by atoms with Crippen molar-refractivity contribution < 1.29 is 17.9 Å². The van der Waals surface area contributed by atoms with Gasteiger partial charge < -0.3 is 9.30 Å². The molecule has 0 atom stereocenters. The van der Waals surface area contributed by atoms with Crippen LogP contribution in [0.4, 0.5) is 0 Å². The van der Waals surface area contributed by atoms with E-state index in [1.807, 2.05) is 36.7 Å². The number of nitrogens with zero attached hydrogens (tertiary/aromatic N) is 3. The number of hydrogen-bond acceptors (Lipinski definition) is 5. The first-order chi connectivity index (χ1) is 12.3. The summed E-state index contributed by atoms with van der Waals surface area (Å²) in [5.74, 6) is 0.363. The zero-order valence-electron chi connectivity index (χ0n) is 15.1. The van der Waals surface area contributed by atoms with Gasteiger partial charge in [-0.2, -0.15) is 4.99 Å². The molecule has 1 saturated heterocycles. The van der Waals surface area contributed by atoms with Crippen molar-refractivity contribution in [3.05, 3.63) is 23.0 Å². The van der Waals surface area contributed by atoms with E-state index in [9.17, 15) is 13.2 Å². The molecular weight excluding hydrogens is 374 g/mol. The van der Waals surface area contributed by atoms with E-state index in [0.717, 1.165) is 16.0 Å². The summed E-state index contributed by atoms with van der Waals surface area (Å²) >= 11 is 1.45. The number of thiazole rings is 1. The lowest BCUT2D eigenvalue weighted by molar-refractivity contribution is -0.122. The lowest BCUT2D eigenvalue weighted by Crippen LogP contribution is -2.39. The number of piperidine rings is 1.